The van der Waals surface area contributed by atoms with Crippen LogP contribution in [-0.2, 0) is 0 Å². The number of aliphatic hydroxyl groups is 1. The Labute approximate surface area is 82.2 Å². The van der Waals surface area contributed by atoms with Gasteiger partial charge in [-0.05, 0) is 31.4 Å². The highest BCUT2D eigenvalue weighted by Crippen LogP contribution is 2.14. The van der Waals surface area contributed by atoms with Crippen molar-refractivity contribution in [3.63, 3.8) is 0 Å². The maximum absolute atomic E-state index is 9.29. The Morgan fingerprint density at radius 3 is 2.38 bits per heavy atom. The van der Waals surface area contributed by atoms with Gasteiger partial charge in [0.05, 0.1) is 0 Å². The van der Waals surface area contributed by atoms with Crippen LogP contribution in [0.5, 0.6) is 0 Å². The molecule has 0 aliphatic rings. The van der Waals surface area contributed by atoms with E-state index in [1.54, 1.807) is 6.08 Å². The largest absolute Gasteiger partial charge is 0.508 e. The highest BCUT2D eigenvalue weighted by atomic mass is 16.3. The lowest BCUT2D eigenvalue weighted by atomic mass is 10.1. The molecule has 0 unspecified atom stereocenters. The lowest BCUT2D eigenvalue weighted by Gasteiger charge is -2.03. The molecule has 0 aromatic heterocycles. The van der Waals surface area contributed by atoms with Crippen molar-refractivity contribution in [1.82, 2.24) is 0 Å². The van der Waals surface area contributed by atoms with Crippen molar-refractivity contribution in [2.45, 2.75) is 52.4 Å². The van der Waals surface area contributed by atoms with Crippen LogP contribution in [0.2, 0.25) is 0 Å². The highest BCUT2D eigenvalue weighted by Gasteiger charge is 1.98. The van der Waals surface area contributed by atoms with E-state index in [0.717, 1.165) is 18.4 Å². The van der Waals surface area contributed by atoms with Gasteiger partial charge in [-0.15, -0.1) is 0 Å². The number of rotatable bonds is 7. The summed E-state index contributed by atoms with van der Waals surface area (Å²) in [5.74, 6) is 0.357. The summed E-state index contributed by atoms with van der Waals surface area (Å²) < 4.78 is 0. The lowest BCUT2D eigenvalue weighted by molar-refractivity contribution is 0.416. The smallest absolute Gasteiger partial charge is 0.113 e. The zero-order valence-electron chi connectivity index (χ0n) is 8.97. The fourth-order valence-electron chi connectivity index (χ4n) is 1.27. The molecule has 76 valence electrons. The Balaban J connectivity index is 3.38. The molecule has 1 heteroatoms. The SMILES string of the molecule is C=C(CCCCCCC)/C(O)=C/C. The molecule has 0 spiro atoms. The predicted molar refractivity (Wildman–Crippen MR) is 58.9 cm³/mol. The molecular formula is C12H22O. The molecule has 0 radical (unpaired) electrons. The number of allylic oxidation sites excluding steroid dienone is 2. The summed E-state index contributed by atoms with van der Waals surface area (Å²) >= 11 is 0. The fraction of sp³-hybridized carbons (Fsp3) is 0.667. The van der Waals surface area contributed by atoms with Crippen LogP contribution in [0.1, 0.15) is 52.4 Å². The van der Waals surface area contributed by atoms with Gasteiger partial charge in [0.2, 0.25) is 0 Å². The predicted octanol–water partition coefficient (Wildman–Crippen LogP) is 4.36. The van der Waals surface area contributed by atoms with Crippen molar-refractivity contribution in [1.29, 1.82) is 0 Å². The molecule has 0 aromatic rings. The molecule has 0 heterocycles. The van der Waals surface area contributed by atoms with Gasteiger partial charge in [0.1, 0.15) is 5.76 Å². The molecule has 0 bridgehead atoms. The average Bonchev–Trinajstić information content (AvgIpc) is 2.16. The maximum Gasteiger partial charge on any atom is 0.113 e. The first-order valence-electron chi connectivity index (χ1n) is 5.25. The van der Waals surface area contributed by atoms with Gasteiger partial charge in [0, 0.05) is 0 Å². The van der Waals surface area contributed by atoms with E-state index in [0.29, 0.717) is 5.76 Å². The van der Waals surface area contributed by atoms with Crippen molar-refractivity contribution in [3.05, 3.63) is 24.0 Å². The third-order valence-electron chi connectivity index (χ3n) is 2.22. The zero-order valence-corrected chi connectivity index (χ0v) is 8.97. The van der Waals surface area contributed by atoms with Crippen molar-refractivity contribution in [2.75, 3.05) is 0 Å². The van der Waals surface area contributed by atoms with Crippen molar-refractivity contribution >= 4 is 0 Å². The first-order chi connectivity index (χ1) is 6.22. The fourth-order valence-corrected chi connectivity index (χ4v) is 1.27. The van der Waals surface area contributed by atoms with Crippen LogP contribution in [0, 0.1) is 0 Å². The minimum absolute atomic E-state index is 0.357. The third kappa shape index (κ3) is 6.44. The van der Waals surface area contributed by atoms with E-state index in [4.69, 9.17) is 0 Å². The molecule has 0 saturated heterocycles. The Hall–Kier alpha value is -0.720. The summed E-state index contributed by atoms with van der Waals surface area (Å²) in [6.45, 7) is 7.87. The van der Waals surface area contributed by atoms with Gasteiger partial charge in [0.25, 0.3) is 0 Å². The molecule has 0 aliphatic heterocycles. The first kappa shape index (κ1) is 12.3. The van der Waals surface area contributed by atoms with Gasteiger partial charge in [-0.2, -0.15) is 0 Å². The molecule has 0 saturated carbocycles. The summed E-state index contributed by atoms with van der Waals surface area (Å²) in [4.78, 5) is 0. The maximum atomic E-state index is 9.29. The standard InChI is InChI=1S/C12H22O/c1-4-6-7-8-9-10-11(3)12(13)5-2/h5,13H,3-4,6-10H2,1-2H3/b12-5-. The summed E-state index contributed by atoms with van der Waals surface area (Å²) in [5, 5.41) is 9.29. The summed E-state index contributed by atoms with van der Waals surface area (Å²) in [7, 11) is 0. The molecule has 0 fully saturated rings. The second-order valence-electron chi connectivity index (χ2n) is 3.44. The monoisotopic (exact) mass is 182 g/mol. The van der Waals surface area contributed by atoms with E-state index < -0.39 is 0 Å². The van der Waals surface area contributed by atoms with Gasteiger partial charge in [-0.25, -0.2) is 0 Å². The van der Waals surface area contributed by atoms with Crippen molar-refractivity contribution in [2.24, 2.45) is 0 Å². The normalized spacial score (nSPS) is 11.7. The van der Waals surface area contributed by atoms with E-state index in [1.165, 1.54) is 25.7 Å². The minimum atomic E-state index is 0.357. The van der Waals surface area contributed by atoms with Crippen LogP contribution in [-0.4, -0.2) is 5.11 Å². The van der Waals surface area contributed by atoms with E-state index in [9.17, 15) is 5.11 Å². The lowest BCUT2D eigenvalue weighted by Crippen LogP contribution is -1.87. The second-order valence-corrected chi connectivity index (χ2v) is 3.44. The summed E-state index contributed by atoms with van der Waals surface area (Å²) in [5.41, 5.74) is 0.874. The zero-order chi connectivity index (χ0) is 10.1. The topological polar surface area (TPSA) is 20.2 Å². The second kappa shape index (κ2) is 7.90. The Kier molecular flexibility index (Phi) is 7.47. The summed E-state index contributed by atoms with van der Waals surface area (Å²) in [6, 6.07) is 0. The van der Waals surface area contributed by atoms with E-state index in [2.05, 4.69) is 13.5 Å². The molecule has 0 atom stereocenters. The van der Waals surface area contributed by atoms with E-state index in [-0.39, 0.29) is 0 Å². The van der Waals surface area contributed by atoms with Crippen LogP contribution in [0.25, 0.3) is 0 Å². The Morgan fingerprint density at radius 2 is 1.85 bits per heavy atom. The van der Waals surface area contributed by atoms with E-state index >= 15 is 0 Å². The van der Waals surface area contributed by atoms with Crippen LogP contribution in [0.3, 0.4) is 0 Å². The van der Waals surface area contributed by atoms with Gasteiger partial charge in [-0.3, -0.25) is 0 Å². The van der Waals surface area contributed by atoms with Crippen LogP contribution in [0.15, 0.2) is 24.0 Å². The van der Waals surface area contributed by atoms with Crippen LogP contribution >= 0.6 is 0 Å². The molecular weight excluding hydrogens is 160 g/mol. The third-order valence-corrected chi connectivity index (χ3v) is 2.22. The molecule has 0 amide bonds. The van der Waals surface area contributed by atoms with Gasteiger partial charge < -0.3 is 5.11 Å². The minimum Gasteiger partial charge on any atom is -0.508 e. The average molecular weight is 182 g/mol. The molecule has 1 nitrogen and oxygen atoms in total. The summed E-state index contributed by atoms with van der Waals surface area (Å²) in [6.07, 6.45) is 8.94. The van der Waals surface area contributed by atoms with E-state index in [1.807, 2.05) is 6.92 Å². The van der Waals surface area contributed by atoms with Crippen molar-refractivity contribution < 1.29 is 5.11 Å². The molecule has 0 aliphatic carbocycles. The van der Waals surface area contributed by atoms with Gasteiger partial charge >= 0.3 is 0 Å². The Morgan fingerprint density at radius 1 is 1.23 bits per heavy atom. The van der Waals surface area contributed by atoms with Crippen molar-refractivity contribution in [3.8, 4) is 0 Å². The molecule has 13 heavy (non-hydrogen) atoms. The number of hydrogen-bond acceptors (Lipinski definition) is 1. The first-order valence-corrected chi connectivity index (χ1v) is 5.25. The molecule has 0 aromatic carbocycles. The molecule has 1 N–H and O–H groups in total. The molecule has 0 rings (SSSR count). The quantitative estimate of drug-likeness (QED) is 0.352. The Bertz CT molecular complexity index is 168. The number of hydrogen-bond donors (Lipinski definition) is 1. The number of aliphatic hydroxyl groups excluding tert-OH is 1. The van der Waals surface area contributed by atoms with Crippen LogP contribution < -0.4 is 0 Å². The van der Waals surface area contributed by atoms with Gasteiger partial charge in [0.15, 0.2) is 0 Å². The van der Waals surface area contributed by atoms with Crippen LogP contribution in [0.4, 0.5) is 0 Å². The highest BCUT2D eigenvalue weighted by molar-refractivity contribution is 5.20. The number of unbranched alkanes of at least 4 members (excludes halogenated alkanes) is 4. The van der Waals surface area contributed by atoms with Gasteiger partial charge in [-0.1, -0.05) is 39.2 Å².